The molecule has 6 heteroatoms. The molecule has 0 radical (unpaired) electrons. The van der Waals surface area contributed by atoms with Crippen LogP contribution in [0.25, 0.3) is 0 Å². The van der Waals surface area contributed by atoms with Crippen LogP contribution in [0.4, 0.5) is 0 Å². The molecule has 1 aliphatic rings. The second-order valence-corrected chi connectivity index (χ2v) is 5.56. The van der Waals surface area contributed by atoms with Gasteiger partial charge in [0, 0.05) is 36.0 Å². The Balaban J connectivity index is 2.00. The van der Waals surface area contributed by atoms with Crippen LogP contribution in [0.1, 0.15) is 22.6 Å². The van der Waals surface area contributed by atoms with Crippen molar-refractivity contribution in [2.45, 2.75) is 19.4 Å². The van der Waals surface area contributed by atoms with Gasteiger partial charge in [0.25, 0.3) is 5.56 Å². The van der Waals surface area contributed by atoms with Gasteiger partial charge in [-0.25, -0.2) is 4.98 Å². The largest absolute Gasteiger partial charge is 0.312 e. The van der Waals surface area contributed by atoms with Crippen molar-refractivity contribution in [1.82, 2.24) is 15.3 Å². The summed E-state index contributed by atoms with van der Waals surface area (Å²) < 4.78 is 0. The van der Waals surface area contributed by atoms with Gasteiger partial charge in [-0.3, -0.25) is 4.79 Å². The van der Waals surface area contributed by atoms with Crippen molar-refractivity contribution < 1.29 is 0 Å². The third kappa shape index (κ3) is 2.59. The highest BCUT2D eigenvalue weighted by Gasteiger charge is 2.16. The highest BCUT2D eigenvalue weighted by molar-refractivity contribution is 6.36. The Bertz CT molecular complexity index is 692. The number of fused-ring (bicyclic) bond motifs is 1. The van der Waals surface area contributed by atoms with Crippen molar-refractivity contribution >= 4 is 23.2 Å². The maximum atomic E-state index is 12.0. The topological polar surface area (TPSA) is 57.8 Å². The molecule has 20 heavy (non-hydrogen) atoms. The van der Waals surface area contributed by atoms with Crippen LogP contribution in [0.2, 0.25) is 10.0 Å². The van der Waals surface area contributed by atoms with Crippen molar-refractivity contribution in [3.63, 3.8) is 0 Å². The zero-order valence-electron chi connectivity index (χ0n) is 10.7. The smallest absolute Gasteiger partial charge is 0.255 e. The standard InChI is InChI=1S/C14H13Cl2N3O/c15-10-2-1-3-11(16)8(10)6-13-18-12-4-5-17-7-9(12)14(20)19-13/h1-3,17H,4-7H2,(H,18,19,20). The predicted molar refractivity (Wildman–Crippen MR) is 79.5 cm³/mol. The number of halogens is 2. The lowest BCUT2D eigenvalue weighted by Crippen LogP contribution is -2.32. The summed E-state index contributed by atoms with van der Waals surface area (Å²) in [6, 6.07) is 5.36. The normalized spacial score (nSPS) is 14.1. The van der Waals surface area contributed by atoms with E-state index in [1.54, 1.807) is 18.2 Å². The van der Waals surface area contributed by atoms with Crippen molar-refractivity contribution in [1.29, 1.82) is 0 Å². The van der Waals surface area contributed by atoms with Crippen molar-refractivity contribution in [3.8, 4) is 0 Å². The maximum Gasteiger partial charge on any atom is 0.255 e. The zero-order chi connectivity index (χ0) is 14.1. The Kier molecular flexibility index (Phi) is 3.78. The molecular weight excluding hydrogens is 297 g/mol. The summed E-state index contributed by atoms with van der Waals surface area (Å²) in [4.78, 5) is 19.4. The van der Waals surface area contributed by atoms with E-state index in [1.807, 2.05) is 0 Å². The van der Waals surface area contributed by atoms with Gasteiger partial charge in [-0.05, 0) is 17.7 Å². The molecule has 3 rings (SSSR count). The minimum Gasteiger partial charge on any atom is -0.312 e. The quantitative estimate of drug-likeness (QED) is 0.895. The molecule has 2 N–H and O–H groups in total. The maximum absolute atomic E-state index is 12.0. The predicted octanol–water partition coefficient (Wildman–Crippen LogP) is 2.31. The number of rotatable bonds is 2. The SMILES string of the molecule is O=c1[nH]c(Cc2c(Cl)cccc2Cl)nc2c1CNCC2. The Labute approximate surface area is 126 Å². The molecule has 2 heterocycles. The fraction of sp³-hybridized carbons (Fsp3) is 0.286. The van der Waals surface area contributed by atoms with E-state index in [9.17, 15) is 4.79 Å². The Morgan fingerprint density at radius 3 is 2.75 bits per heavy atom. The Morgan fingerprint density at radius 2 is 2.00 bits per heavy atom. The van der Waals surface area contributed by atoms with Gasteiger partial charge >= 0.3 is 0 Å². The third-order valence-corrected chi connectivity index (χ3v) is 4.10. The summed E-state index contributed by atoms with van der Waals surface area (Å²) in [5, 5.41) is 4.33. The van der Waals surface area contributed by atoms with Gasteiger partial charge < -0.3 is 10.3 Å². The van der Waals surface area contributed by atoms with Crippen molar-refractivity contribution in [3.05, 3.63) is 61.2 Å². The highest BCUT2D eigenvalue weighted by atomic mass is 35.5. The van der Waals surface area contributed by atoms with Crippen LogP contribution in [-0.4, -0.2) is 16.5 Å². The molecule has 2 aromatic rings. The number of hydrogen-bond donors (Lipinski definition) is 2. The zero-order valence-corrected chi connectivity index (χ0v) is 12.2. The first-order valence-electron chi connectivity index (χ1n) is 6.39. The summed E-state index contributed by atoms with van der Waals surface area (Å²) >= 11 is 12.3. The Hall–Kier alpha value is -1.36. The van der Waals surface area contributed by atoms with E-state index >= 15 is 0 Å². The monoisotopic (exact) mass is 309 g/mol. The summed E-state index contributed by atoms with van der Waals surface area (Å²) in [6.45, 7) is 1.42. The van der Waals surface area contributed by atoms with Gasteiger partial charge in [-0.15, -0.1) is 0 Å². The number of hydrogen-bond acceptors (Lipinski definition) is 3. The molecule has 0 fully saturated rings. The first-order chi connectivity index (χ1) is 9.65. The average Bonchev–Trinajstić information content (AvgIpc) is 2.43. The first-order valence-corrected chi connectivity index (χ1v) is 7.15. The van der Waals surface area contributed by atoms with Gasteiger partial charge in [0.05, 0.1) is 11.3 Å². The van der Waals surface area contributed by atoms with Crippen LogP contribution in [0.15, 0.2) is 23.0 Å². The van der Waals surface area contributed by atoms with E-state index in [-0.39, 0.29) is 5.56 Å². The molecule has 1 aromatic heterocycles. The molecule has 1 aliphatic heterocycles. The van der Waals surface area contributed by atoms with Gasteiger partial charge in [0.1, 0.15) is 5.82 Å². The lowest BCUT2D eigenvalue weighted by atomic mass is 10.1. The van der Waals surface area contributed by atoms with Gasteiger partial charge in [-0.2, -0.15) is 0 Å². The van der Waals surface area contributed by atoms with Crippen LogP contribution < -0.4 is 10.9 Å². The molecule has 0 unspecified atom stereocenters. The number of nitrogens with one attached hydrogen (secondary N) is 2. The molecule has 0 amide bonds. The van der Waals surface area contributed by atoms with Crippen LogP contribution in [0.3, 0.4) is 0 Å². The summed E-state index contributed by atoms with van der Waals surface area (Å²) in [5.41, 5.74) is 2.30. The van der Waals surface area contributed by atoms with E-state index in [4.69, 9.17) is 23.2 Å². The second kappa shape index (κ2) is 5.56. The lowest BCUT2D eigenvalue weighted by molar-refractivity contribution is 0.615. The van der Waals surface area contributed by atoms with Crippen LogP contribution >= 0.6 is 23.2 Å². The molecule has 1 aromatic carbocycles. The molecule has 0 atom stereocenters. The molecule has 0 spiro atoms. The van der Waals surface area contributed by atoms with E-state index in [0.29, 0.717) is 28.8 Å². The summed E-state index contributed by atoms with van der Waals surface area (Å²) in [6.07, 6.45) is 1.19. The minimum atomic E-state index is -0.0830. The summed E-state index contributed by atoms with van der Waals surface area (Å²) in [5.74, 6) is 0.602. The van der Waals surface area contributed by atoms with Crippen LogP contribution in [-0.2, 0) is 19.4 Å². The average molecular weight is 310 g/mol. The van der Waals surface area contributed by atoms with Crippen LogP contribution in [0.5, 0.6) is 0 Å². The fourth-order valence-electron chi connectivity index (χ4n) is 2.36. The number of aromatic nitrogens is 2. The lowest BCUT2D eigenvalue weighted by Gasteiger charge is -2.16. The van der Waals surface area contributed by atoms with E-state index in [0.717, 1.165) is 29.8 Å². The van der Waals surface area contributed by atoms with Gasteiger partial charge in [0.2, 0.25) is 0 Å². The number of H-pyrrole nitrogens is 1. The highest BCUT2D eigenvalue weighted by Crippen LogP contribution is 2.26. The van der Waals surface area contributed by atoms with Gasteiger partial charge in [0.15, 0.2) is 0 Å². The number of nitrogens with zero attached hydrogens (tertiary/aromatic N) is 1. The van der Waals surface area contributed by atoms with E-state index < -0.39 is 0 Å². The second-order valence-electron chi connectivity index (χ2n) is 4.74. The molecule has 0 aliphatic carbocycles. The summed E-state index contributed by atoms with van der Waals surface area (Å²) in [7, 11) is 0. The third-order valence-electron chi connectivity index (χ3n) is 3.40. The molecule has 0 saturated heterocycles. The van der Waals surface area contributed by atoms with E-state index in [2.05, 4.69) is 15.3 Å². The number of aromatic amines is 1. The molecule has 0 bridgehead atoms. The van der Waals surface area contributed by atoms with E-state index in [1.165, 1.54) is 0 Å². The number of benzene rings is 1. The van der Waals surface area contributed by atoms with Gasteiger partial charge in [-0.1, -0.05) is 29.3 Å². The van der Waals surface area contributed by atoms with Crippen molar-refractivity contribution in [2.24, 2.45) is 0 Å². The molecule has 4 nitrogen and oxygen atoms in total. The molecule has 104 valence electrons. The molecule has 0 saturated carbocycles. The fourth-order valence-corrected chi connectivity index (χ4v) is 2.89. The molecular formula is C14H13Cl2N3O. The Morgan fingerprint density at radius 1 is 1.25 bits per heavy atom. The first kappa shape index (κ1) is 13.6. The van der Waals surface area contributed by atoms with Crippen LogP contribution in [0, 0.1) is 0 Å². The minimum absolute atomic E-state index is 0.0830. The van der Waals surface area contributed by atoms with Crippen molar-refractivity contribution in [2.75, 3.05) is 6.54 Å².